The van der Waals surface area contributed by atoms with Crippen molar-refractivity contribution in [2.24, 2.45) is 5.73 Å². The molecule has 1 saturated heterocycles. The van der Waals surface area contributed by atoms with Gasteiger partial charge < -0.3 is 21.3 Å². The molecule has 3 aromatic rings. The number of nitrogens with two attached hydrogens (primary N) is 1. The lowest BCUT2D eigenvalue weighted by Gasteiger charge is -2.32. The molecule has 0 aromatic heterocycles. The Bertz CT molecular complexity index is 1270. The minimum atomic E-state index is -0.741. The predicted octanol–water partition coefficient (Wildman–Crippen LogP) is 4.49. The van der Waals surface area contributed by atoms with Crippen molar-refractivity contribution >= 4 is 40.8 Å². The van der Waals surface area contributed by atoms with Crippen molar-refractivity contribution in [2.75, 3.05) is 16.8 Å². The number of piperidine rings is 1. The van der Waals surface area contributed by atoms with Gasteiger partial charge in [-0.25, -0.2) is 9.18 Å². The normalized spacial score (nSPS) is 15.5. The minimum absolute atomic E-state index is 0.00654. The monoisotopic (exact) mass is 494 g/mol. The highest BCUT2D eigenvalue weighted by molar-refractivity contribution is 6.30. The smallest absolute Gasteiger partial charge is 0.319 e. The molecular formula is C26H24ClFN4O3. The standard InChI is InChI=1S/C26H24ClFN4O3/c27-17-7-9-18(10-8-17)30-26(35)31-23-6-3-13-32(25(23)34)19-11-12-21(22(28)15-19)20-5-2-1-4-16(20)14-24(29)33/h1-2,4-5,7-12,15,23H,3,6,13-14H2,(H2,29,33)(H2,30,31,35). The Hall–Kier alpha value is -3.91. The topological polar surface area (TPSA) is 105 Å². The second-order valence-electron chi connectivity index (χ2n) is 8.25. The molecule has 1 heterocycles. The van der Waals surface area contributed by atoms with E-state index in [1.54, 1.807) is 60.7 Å². The summed E-state index contributed by atoms with van der Waals surface area (Å²) < 4.78 is 15.2. The number of carbonyl (C=O) groups is 3. The van der Waals surface area contributed by atoms with Crippen LogP contribution in [0, 0.1) is 5.82 Å². The maximum Gasteiger partial charge on any atom is 0.319 e. The molecule has 1 fully saturated rings. The van der Waals surface area contributed by atoms with E-state index in [0.29, 0.717) is 52.5 Å². The first-order valence-corrected chi connectivity index (χ1v) is 11.5. The number of hydrogen-bond donors (Lipinski definition) is 3. The third-order valence-corrected chi connectivity index (χ3v) is 6.03. The van der Waals surface area contributed by atoms with Crippen LogP contribution in [-0.4, -0.2) is 30.4 Å². The van der Waals surface area contributed by atoms with E-state index in [1.807, 2.05) is 0 Å². The molecular weight excluding hydrogens is 471 g/mol. The van der Waals surface area contributed by atoms with Crippen LogP contribution in [0.15, 0.2) is 66.7 Å². The number of hydrogen-bond acceptors (Lipinski definition) is 3. The number of urea groups is 1. The summed E-state index contributed by atoms with van der Waals surface area (Å²) in [5, 5.41) is 5.91. The number of amides is 4. The number of carbonyl (C=O) groups excluding carboxylic acids is 3. The number of primary amides is 1. The van der Waals surface area contributed by atoms with Gasteiger partial charge in [0.1, 0.15) is 11.9 Å². The minimum Gasteiger partial charge on any atom is -0.369 e. The zero-order chi connectivity index (χ0) is 24.9. The lowest BCUT2D eigenvalue weighted by atomic mass is 9.96. The third kappa shape index (κ3) is 5.78. The Morgan fingerprint density at radius 2 is 1.80 bits per heavy atom. The van der Waals surface area contributed by atoms with Crippen LogP contribution in [0.5, 0.6) is 0 Å². The molecule has 1 aliphatic rings. The molecule has 3 aromatic carbocycles. The van der Waals surface area contributed by atoms with Gasteiger partial charge in [0.2, 0.25) is 11.8 Å². The van der Waals surface area contributed by atoms with Crippen molar-refractivity contribution in [2.45, 2.75) is 25.3 Å². The van der Waals surface area contributed by atoms with Crippen LogP contribution in [0.4, 0.5) is 20.6 Å². The van der Waals surface area contributed by atoms with Crippen LogP contribution in [0.1, 0.15) is 18.4 Å². The molecule has 1 unspecified atom stereocenters. The predicted molar refractivity (Wildman–Crippen MR) is 134 cm³/mol. The molecule has 4 N–H and O–H groups in total. The first-order chi connectivity index (χ1) is 16.8. The van der Waals surface area contributed by atoms with Crippen molar-refractivity contribution in [3.8, 4) is 11.1 Å². The summed E-state index contributed by atoms with van der Waals surface area (Å²) in [4.78, 5) is 38.4. The molecule has 0 spiro atoms. The van der Waals surface area contributed by atoms with E-state index in [-0.39, 0.29) is 12.3 Å². The van der Waals surface area contributed by atoms with Crippen molar-refractivity contribution in [1.82, 2.24) is 5.32 Å². The number of benzene rings is 3. The van der Waals surface area contributed by atoms with Gasteiger partial charge in [0.25, 0.3) is 0 Å². The van der Waals surface area contributed by atoms with Crippen LogP contribution in [0.3, 0.4) is 0 Å². The van der Waals surface area contributed by atoms with Gasteiger partial charge in [-0.05, 0) is 66.4 Å². The number of rotatable bonds is 6. The molecule has 4 amide bonds. The summed E-state index contributed by atoms with van der Waals surface area (Å²) in [6, 6.07) is 16.9. The zero-order valence-electron chi connectivity index (χ0n) is 18.8. The van der Waals surface area contributed by atoms with Crippen LogP contribution < -0.4 is 21.3 Å². The van der Waals surface area contributed by atoms with Crippen molar-refractivity contribution < 1.29 is 18.8 Å². The van der Waals surface area contributed by atoms with Gasteiger partial charge in [-0.15, -0.1) is 0 Å². The van der Waals surface area contributed by atoms with Gasteiger partial charge in [0, 0.05) is 28.5 Å². The Morgan fingerprint density at radius 3 is 2.51 bits per heavy atom. The van der Waals surface area contributed by atoms with Crippen molar-refractivity contribution in [3.63, 3.8) is 0 Å². The molecule has 7 nitrogen and oxygen atoms in total. The van der Waals surface area contributed by atoms with E-state index in [9.17, 15) is 14.4 Å². The Labute approximate surface area is 207 Å². The lowest BCUT2D eigenvalue weighted by Crippen LogP contribution is -2.53. The van der Waals surface area contributed by atoms with Crippen LogP contribution in [0.2, 0.25) is 5.02 Å². The molecule has 9 heteroatoms. The first kappa shape index (κ1) is 24.2. The Balaban J connectivity index is 1.49. The van der Waals surface area contributed by atoms with Gasteiger partial charge in [-0.3, -0.25) is 9.59 Å². The van der Waals surface area contributed by atoms with Gasteiger partial charge in [0.15, 0.2) is 0 Å². The SMILES string of the molecule is NC(=O)Cc1ccccc1-c1ccc(N2CCCC(NC(=O)Nc3ccc(Cl)cc3)C2=O)cc1F. The summed E-state index contributed by atoms with van der Waals surface area (Å²) in [6.45, 7) is 0.410. The second-order valence-corrected chi connectivity index (χ2v) is 8.69. The van der Waals surface area contributed by atoms with E-state index in [0.717, 1.165) is 0 Å². The third-order valence-electron chi connectivity index (χ3n) is 5.78. The highest BCUT2D eigenvalue weighted by Gasteiger charge is 2.31. The first-order valence-electron chi connectivity index (χ1n) is 11.1. The fourth-order valence-electron chi connectivity index (χ4n) is 4.14. The van der Waals surface area contributed by atoms with E-state index in [1.165, 1.54) is 11.0 Å². The average Bonchev–Trinajstić information content (AvgIpc) is 2.82. The second kappa shape index (κ2) is 10.6. The van der Waals surface area contributed by atoms with E-state index < -0.39 is 23.8 Å². The zero-order valence-corrected chi connectivity index (χ0v) is 19.5. The van der Waals surface area contributed by atoms with Gasteiger partial charge in [-0.1, -0.05) is 35.9 Å². The van der Waals surface area contributed by atoms with Crippen LogP contribution >= 0.6 is 11.6 Å². The van der Waals surface area contributed by atoms with Gasteiger partial charge in [-0.2, -0.15) is 0 Å². The molecule has 0 aliphatic carbocycles. The van der Waals surface area contributed by atoms with Crippen molar-refractivity contribution in [3.05, 3.63) is 83.1 Å². The Kier molecular flexibility index (Phi) is 7.31. The maximum absolute atomic E-state index is 15.2. The molecule has 35 heavy (non-hydrogen) atoms. The molecule has 0 bridgehead atoms. The van der Waals surface area contributed by atoms with Gasteiger partial charge in [0.05, 0.1) is 6.42 Å². The van der Waals surface area contributed by atoms with E-state index in [2.05, 4.69) is 10.6 Å². The Morgan fingerprint density at radius 1 is 1.06 bits per heavy atom. The quantitative estimate of drug-likeness (QED) is 0.470. The molecule has 1 aliphatic heterocycles. The summed E-state index contributed by atoms with van der Waals surface area (Å²) >= 11 is 5.86. The van der Waals surface area contributed by atoms with Crippen LogP contribution in [0.25, 0.3) is 11.1 Å². The lowest BCUT2D eigenvalue weighted by molar-refractivity contribution is -0.121. The fourth-order valence-corrected chi connectivity index (χ4v) is 4.27. The molecule has 1 atom stereocenters. The molecule has 4 rings (SSSR count). The number of anilines is 2. The molecule has 0 radical (unpaired) electrons. The number of nitrogens with one attached hydrogen (secondary N) is 2. The van der Waals surface area contributed by atoms with Crippen molar-refractivity contribution in [1.29, 1.82) is 0 Å². The van der Waals surface area contributed by atoms with Gasteiger partial charge >= 0.3 is 6.03 Å². The molecule has 180 valence electrons. The number of nitrogens with zero attached hydrogens (tertiary/aromatic N) is 1. The summed E-state index contributed by atoms with van der Waals surface area (Å²) in [6.07, 6.45) is 1.11. The largest absolute Gasteiger partial charge is 0.369 e. The van der Waals surface area contributed by atoms with Crippen LogP contribution in [-0.2, 0) is 16.0 Å². The summed E-state index contributed by atoms with van der Waals surface area (Å²) in [7, 11) is 0. The van der Waals surface area contributed by atoms with E-state index >= 15 is 4.39 Å². The molecule has 0 saturated carbocycles. The number of halogens is 2. The fraction of sp³-hybridized carbons (Fsp3) is 0.192. The highest BCUT2D eigenvalue weighted by Crippen LogP contribution is 2.31. The maximum atomic E-state index is 15.2. The summed E-state index contributed by atoms with van der Waals surface area (Å²) in [5.41, 5.74) is 7.77. The highest BCUT2D eigenvalue weighted by atomic mass is 35.5. The average molecular weight is 495 g/mol. The summed E-state index contributed by atoms with van der Waals surface area (Å²) in [5.74, 6) is -1.35. The van der Waals surface area contributed by atoms with E-state index in [4.69, 9.17) is 17.3 Å².